The highest BCUT2D eigenvalue weighted by atomic mass is 35.5. The van der Waals surface area contributed by atoms with Crippen LogP contribution in [0.2, 0.25) is 5.02 Å². The number of halogens is 1. The SMILES string of the molecule is NC(CC1CCCCC1)c1cc(Cl)cc2c1OCC2. The molecule has 3 heteroatoms. The molecule has 0 radical (unpaired) electrons. The highest BCUT2D eigenvalue weighted by Gasteiger charge is 2.24. The van der Waals surface area contributed by atoms with E-state index in [0.717, 1.165) is 41.7 Å². The van der Waals surface area contributed by atoms with E-state index in [1.54, 1.807) is 0 Å². The van der Waals surface area contributed by atoms with E-state index in [2.05, 4.69) is 0 Å². The van der Waals surface area contributed by atoms with Crippen molar-refractivity contribution in [2.75, 3.05) is 6.61 Å². The second kappa shape index (κ2) is 5.72. The molecular weight excluding hydrogens is 258 g/mol. The van der Waals surface area contributed by atoms with E-state index in [4.69, 9.17) is 22.1 Å². The maximum atomic E-state index is 6.43. The highest BCUT2D eigenvalue weighted by molar-refractivity contribution is 6.30. The van der Waals surface area contributed by atoms with Crippen LogP contribution in [0.1, 0.15) is 55.7 Å². The van der Waals surface area contributed by atoms with Crippen LogP contribution in [0.25, 0.3) is 0 Å². The van der Waals surface area contributed by atoms with Crippen molar-refractivity contribution in [2.24, 2.45) is 11.7 Å². The molecular formula is C16H22ClNO. The van der Waals surface area contributed by atoms with E-state index < -0.39 is 0 Å². The molecule has 2 N–H and O–H groups in total. The molecule has 0 spiro atoms. The molecule has 1 saturated carbocycles. The van der Waals surface area contributed by atoms with E-state index in [0.29, 0.717) is 0 Å². The average molecular weight is 280 g/mol. The first-order valence-corrected chi connectivity index (χ1v) is 7.82. The molecule has 1 atom stereocenters. The Morgan fingerprint density at radius 1 is 1.26 bits per heavy atom. The van der Waals surface area contributed by atoms with Gasteiger partial charge < -0.3 is 10.5 Å². The maximum absolute atomic E-state index is 6.43. The van der Waals surface area contributed by atoms with Crippen molar-refractivity contribution in [3.05, 3.63) is 28.3 Å². The zero-order valence-electron chi connectivity index (χ0n) is 11.3. The molecule has 0 bridgehead atoms. The van der Waals surface area contributed by atoms with Crippen LogP contribution < -0.4 is 10.5 Å². The molecule has 1 aromatic rings. The smallest absolute Gasteiger partial charge is 0.127 e. The largest absolute Gasteiger partial charge is 0.493 e. The van der Waals surface area contributed by atoms with Crippen LogP contribution in [0.4, 0.5) is 0 Å². The van der Waals surface area contributed by atoms with Crippen molar-refractivity contribution in [1.82, 2.24) is 0 Å². The Kier molecular flexibility index (Phi) is 3.99. The molecule has 104 valence electrons. The monoisotopic (exact) mass is 279 g/mol. The average Bonchev–Trinajstić information content (AvgIpc) is 2.86. The summed E-state index contributed by atoms with van der Waals surface area (Å²) in [6.45, 7) is 0.763. The number of hydrogen-bond acceptors (Lipinski definition) is 2. The van der Waals surface area contributed by atoms with Gasteiger partial charge in [0.25, 0.3) is 0 Å². The van der Waals surface area contributed by atoms with Crippen molar-refractivity contribution in [2.45, 2.75) is 51.0 Å². The lowest BCUT2D eigenvalue weighted by atomic mass is 9.83. The van der Waals surface area contributed by atoms with Gasteiger partial charge in [-0.2, -0.15) is 0 Å². The topological polar surface area (TPSA) is 35.2 Å². The minimum atomic E-state index is 0.0636. The molecule has 1 fully saturated rings. The standard InChI is InChI=1S/C16H22ClNO/c17-13-9-12-6-7-19-16(12)14(10-13)15(18)8-11-4-2-1-3-5-11/h9-11,15H,1-8,18H2. The molecule has 0 amide bonds. The third kappa shape index (κ3) is 2.90. The van der Waals surface area contributed by atoms with Crippen LogP contribution in [0.5, 0.6) is 5.75 Å². The first-order chi connectivity index (χ1) is 9.24. The van der Waals surface area contributed by atoms with Crippen LogP contribution in [-0.4, -0.2) is 6.61 Å². The van der Waals surface area contributed by atoms with Crippen LogP contribution in [-0.2, 0) is 6.42 Å². The number of benzene rings is 1. The molecule has 2 aliphatic rings. The summed E-state index contributed by atoms with van der Waals surface area (Å²) >= 11 is 6.20. The Morgan fingerprint density at radius 2 is 2.05 bits per heavy atom. The fourth-order valence-electron chi connectivity index (χ4n) is 3.48. The molecule has 1 unspecified atom stereocenters. The van der Waals surface area contributed by atoms with Crippen molar-refractivity contribution < 1.29 is 4.74 Å². The van der Waals surface area contributed by atoms with Gasteiger partial charge in [0.2, 0.25) is 0 Å². The molecule has 0 saturated heterocycles. The van der Waals surface area contributed by atoms with Gasteiger partial charge in [-0.25, -0.2) is 0 Å². The van der Waals surface area contributed by atoms with Gasteiger partial charge in [0, 0.05) is 23.0 Å². The van der Waals surface area contributed by atoms with Gasteiger partial charge >= 0.3 is 0 Å². The second-order valence-corrected chi connectivity index (χ2v) is 6.36. The number of hydrogen-bond donors (Lipinski definition) is 1. The summed E-state index contributed by atoms with van der Waals surface area (Å²) in [4.78, 5) is 0. The quantitative estimate of drug-likeness (QED) is 0.898. The summed E-state index contributed by atoms with van der Waals surface area (Å²) in [5.74, 6) is 1.78. The molecule has 1 heterocycles. The van der Waals surface area contributed by atoms with Gasteiger partial charge in [-0.3, -0.25) is 0 Å². The van der Waals surface area contributed by atoms with E-state index >= 15 is 0 Å². The van der Waals surface area contributed by atoms with Gasteiger partial charge in [0.05, 0.1) is 6.61 Å². The molecule has 1 aromatic carbocycles. The number of fused-ring (bicyclic) bond motifs is 1. The summed E-state index contributed by atoms with van der Waals surface area (Å²) in [6, 6.07) is 4.08. The van der Waals surface area contributed by atoms with Gasteiger partial charge in [-0.15, -0.1) is 0 Å². The summed E-state index contributed by atoms with van der Waals surface area (Å²) in [5.41, 5.74) is 8.77. The predicted molar refractivity (Wildman–Crippen MR) is 78.8 cm³/mol. The van der Waals surface area contributed by atoms with Crippen LogP contribution in [0.15, 0.2) is 12.1 Å². The van der Waals surface area contributed by atoms with E-state index in [1.807, 2.05) is 12.1 Å². The fraction of sp³-hybridized carbons (Fsp3) is 0.625. The molecule has 1 aliphatic carbocycles. The number of nitrogens with two attached hydrogens (primary N) is 1. The first-order valence-electron chi connectivity index (χ1n) is 7.45. The van der Waals surface area contributed by atoms with Gasteiger partial charge in [0.15, 0.2) is 0 Å². The molecule has 19 heavy (non-hydrogen) atoms. The second-order valence-electron chi connectivity index (χ2n) is 5.93. The zero-order valence-corrected chi connectivity index (χ0v) is 12.1. The molecule has 2 nitrogen and oxygen atoms in total. The predicted octanol–water partition coefficient (Wildman–Crippen LogP) is 4.25. The van der Waals surface area contributed by atoms with Crippen molar-refractivity contribution in [3.8, 4) is 5.75 Å². The van der Waals surface area contributed by atoms with Crippen molar-refractivity contribution in [1.29, 1.82) is 0 Å². The fourth-order valence-corrected chi connectivity index (χ4v) is 3.73. The minimum Gasteiger partial charge on any atom is -0.493 e. The number of rotatable bonds is 3. The van der Waals surface area contributed by atoms with Gasteiger partial charge in [-0.05, 0) is 30.0 Å². The summed E-state index contributed by atoms with van der Waals surface area (Å²) in [6.07, 6.45) is 8.80. The Balaban J connectivity index is 1.77. The molecule has 3 rings (SSSR count). The summed E-state index contributed by atoms with van der Waals surface area (Å²) in [7, 11) is 0. The first kappa shape index (κ1) is 13.3. The maximum Gasteiger partial charge on any atom is 0.127 e. The molecule has 0 aromatic heterocycles. The van der Waals surface area contributed by atoms with Crippen LogP contribution in [0, 0.1) is 5.92 Å². The summed E-state index contributed by atoms with van der Waals surface area (Å²) in [5, 5.41) is 0.790. The highest BCUT2D eigenvalue weighted by Crippen LogP contribution is 2.39. The van der Waals surface area contributed by atoms with Crippen molar-refractivity contribution >= 4 is 11.6 Å². The lowest BCUT2D eigenvalue weighted by Crippen LogP contribution is -2.18. The van der Waals surface area contributed by atoms with E-state index in [9.17, 15) is 0 Å². The molecule has 1 aliphatic heterocycles. The van der Waals surface area contributed by atoms with E-state index in [-0.39, 0.29) is 6.04 Å². The van der Waals surface area contributed by atoms with Crippen molar-refractivity contribution in [3.63, 3.8) is 0 Å². The third-order valence-corrected chi connectivity index (χ3v) is 4.71. The zero-order chi connectivity index (χ0) is 13.2. The van der Waals surface area contributed by atoms with Crippen LogP contribution >= 0.6 is 11.6 Å². The normalized spacial score (nSPS) is 20.9. The van der Waals surface area contributed by atoms with Gasteiger partial charge in [0.1, 0.15) is 5.75 Å². The Labute approximate surface area is 120 Å². The Bertz CT molecular complexity index is 454. The van der Waals surface area contributed by atoms with Crippen LogP contribution in [0.3, 0.4) is 0 Å². The lowest BCUT2D eigenvalue weighted by molar-refractivity contribution is 0.312. The minimum absolute atomic E-state index is 0.0636. The van der Waals surface area contributed by atoms with Gasteiger partial charge in [-0.1, -0.05) is 43.7 Å². The summed E-state index contributed by atoms with van der Waals surface area (Å²) < 4.78 is 5.76. The lowest BCUT2D eigenvalue weighted by Gasteiger charge is -2.25. The van der Waals surface area contributed by atoms with E-state index in [1.165, 1.54) is 37.7 Å². The number of ether oxygens (including phenoxy) is 1. The Hall–Kier alpha value is -0.730. The Morgan fingerprint density at radius 3 is 2.84 bits per heavy atom. The third-order valence-electron chi connectivity index (χ3n) is 4.49.